The van der Waals surface area contributed by atoms with Crippen LogP contribution in [0, 0.1) is 0 Å². The monoisotopic (exact) mass is 334 g/mol. The predicted molar refractivity (Wildman–Crippen MR) is 100 cm³/mol. The number of methoxy groups -OCH3 is 2. The van der Waals surface area contributed by atoms with Gasteiger partial charge in [-0.2, -0.15) is 0 Å². The Kier molecular flexibility index (Phi) is 6.93. The first-order valence-corrected chi connectivity index (χ1v) is 9.35. The van der Waals surface area contributed by atoms with Crippen molar-refractivity contribution < 1.29 is 9.47 Å². The number of hydrogen-bond donors (Lipinski definition) is 0. The Labute approximate surface area is 147 Å². The highest BCUT2D eigenvalue weighted by Gasteiger charge is 2.30. The minimum Gasteiger partial charge on any atom is -0.496 e. The summed E-state index contributed by atoms with van der Waals surface area (Å²) in [6.45, 7) is 14.0. The molecule has 24 heavy (non-hydrogen) atoms. The molecule has 1 atom stereocenters. The zero-order valence-corrected chi connectivity index (χ0v) is 16.3. The fraction of sp³-hybridized carbons (Fsp3) is 0.700. The lowest BCUT2D eigenvalue weighted by Gasteiger charge is -2.37. The van der Waals surface area contributed by atoms with Crippen molar-refractivity contribution in [3.05, 3.63) is 22.8 Å². The largest absolute Gasteiger partial charge is 0.496 e. The molecule has 0 radical (unpaired) electrons. The minimum atomic E-state index is 0.588. The summed E-state index contributed by atoms with van der Waals surface area (Å²) < 4.78 is 11.7. The van der Waals surface area contributed by atoms with Gasteiger partial charge in [-0.3, -0.25) is 9.80 Å². The van der Waals surface area contributed by atoms with E-state index in [-0.39, 0.29) is 0 Å². The van der Waals surface area contributed by atoms with Crippen molar-refractivity contribution in [3.8, 4) is 11.5 Å². The van der Waals surface area contributed by atoms with Crippen molar-refractivity contribution in [2.45, 2.75) is 59.7 Å². The molecule has 4 heteroatoms. The first kappa shape index (κ1) is 19.1. The van der Waals surface area contributed by atoms with Crippen LogP contribution in [-0.2, 0) is 19.5 Å². The molecule has 0 aromatic heterocycles. The van der Waals surface area contributed by atoms with Gasteiger partial charge in [-0.25, -0.2) is 0 Å². The average molecular weight is 335 g/mol. The molecule has 0 saturated carbocycles. The first-order chi connectivity index (χ1) is 11.6. The van der Waals surface area contributed by atoms with Gasteiger partial charge in [0.25, 0.3) is 0 Å². The zero-order valence-electron chi connectivity index (χ0n) is 16.3. The molecule has 136 valence electrons. The SMILES string of the molecule is CCC1Cc2c(c(OC)cc(CN(CC)CC)c2OC)CN1CC. The maximum absolute atomic E-state index is 5.89. The van der Waals surface area contributed by atoms with Crippen molar-refractivity contribution in [1.82, 2.24) is 9.80 Å². The number of likely N-dealkylation sites (N-methyl/N-ethyl adjacent to an activating group) is 1. The van der Waals surface area contributed by atoms with Crippen LogP contribution >= 0.6 is 0 Å². The molecular weight excluding hydrogens is 300 g/mol. The fourth-order valence-electron chi connectivity index (χ4n) is 3.89. The summed E-state index contributed by atoms with van der Waals surface area (Å²) in [5.41, 5.74) is 3.91. The van der Waals surface area contributed by atoms with Crippen molar-refractivity contribution in [2.24, 2.45) is 0 Å². The third kappa shape index (κ3) is 3.70. The Morgan fingerprint density at radius 3 is 2.29 bits per heavy atom. The van der Waals surface area contributed by atoms with Crippen LogP contribution in [0.5, 0.6) is 11.5 Å². The topological polar surface area (TPSA) is 24.9 Å². The van der Waals surface area contributed by atoms with Crippen molar-refractivity contribution >= 4 is 0 Å². The minimum absolute atomic E-state index is 0.588. The quantitative estimate of drug-likeness (QED) is 0.724. The molecule has 1 aromatic rings. The van der Waals surface area contributed by atoms with Gasteiger partial charge in [-0.1, -0.05) is 27.7 Å². The maximum Gasteiger partial charge on any atom is 0.127 e. The molecule has 1 heterocycles. The second-order valence-electron chi connectivity index (χ2n) is 6.52. The van der Waals surface area contributed by atoms with Gasteiger partial charge < -0.3 is 9.47 Å². The van der Waals surface area contributed by atoms with E-state index < -0.39 is 0 Å². The molecule has 0 saturated heterocycles. The number of nitrogens with zero attached hydrogens (tertiary/aromatic N) is 2. The Balaban J connectivity index is 2.50. The lowest BCUT2D eigenvalue weighted by atomic mass is 9.89. The molecule has 0 bridgehead atoms. The van der Waals surface area contributed by atoms with Gasteiger partial charge in [-0.05, 0) is 38.5 Å². The van der Waals surface area contributed by atoms with Gasteiger partial charge in [-0.15, -0.1) is 0 Å². The second kappa shape index (κ2) is 8.72. The smallest absolute Gasteiger partial charge is 0.127 e. The molecule has 1 aliphatic heterocycles. The standard InChI is InChI=1S/C20H34N2O2/c1-7-16-12-17-18(14-22(16)10-4)19(23-5)11-15(20(17)24-6)13-21(8-2)9-3/h11,16H,7-10,12-14H2,1-6H3. The lowest BCUT2D eigenvalue weighted by molar-refractivity contribution is 0.171. The number of rotatable bonds is 8. The second-order valence-corrected chi connectivity index (χ2v) is 6.52. The molecular formula is C20H34N2O2. The van der Waals surface area contributed by atoms with E-state index in [4.69, 9.17) is 9.47 Å². The van der Waals surface area contributed by atoms with Crippen molar-refractivity contribution in [3.63, 3.8) is 0 Å². The van der Waals surface area contributed by atoms with Gasteiger partial charge in [0.15, 0.2) is 0 Å². The van der Waals surface area contributed by atoms with E-state index in [1.54, 1.807) is 14.2 Å². The van der Waals surface area contributed by atoms with E-state index in [1.807, 2.05) is 0 Å². The summed E-state index contributed by atoms with van der Waals surface area (Å²) in [5.74, 6) is 2.09. The Morgan fingerprint density at radius 1 is 1.08 bits per heavy atom. The van der Waals surface area contributed by atoms with Crippen molar-refractivity contribution in [1.29, 1.82) is 0 Å². The highest BCUT2D eigenvalue weighted by Crippen LogP contribution is 2.40. The summed E-state index contributed by atoms with van der Waals surface area (Å²) in [4.78, 5) is 4.97. The summed E-state index contributed by atoms with van der Waals surface area (Å²) in [5, 5.41) is 0. The van der Waals surface area contributed by atoms with Crippen LogP contribution in [0.15, 0.2) is 6.07 Å². The van der Waals surface area contributed by atoms with Gasteiger partial charge >= 0.3 is 0 Å². The molecule has 0 spiro atoms. The normalized spacial score (nSPS) is 17.9. The Morgan fingerprint density at radius 2 is 1.79 bits per heavy atom. The van der Waals surface area contributed by atoms with Crippen LogP contribution in [0.2, 0.25) is 0 Å². The maximum atomic E-state index is 5.89. The third-order valence-electron chi connectivity index (χ3n) is 5.44. The predicted octanol–water partition coefficient (Wildman–Crippen LogP) is 3.70. The molecule has 0 amide bonds. The van der Waals surface area contributed by atoms with Gasteiger partial charge in [0.05, 0.1) is 14.2 Å². The molecule has 2 rings (SSSR count). The molecule has 0 fully saturated rings. The number of fused-ring (bicyclic) bond motifs is 1. The number of ether oxygens (including phenoxy) is 2. The summed E-state index contributed by atoms with van der Waals surface area (Å²) in [7, 11) is 3.59. The van der Waals surface area contributed by atoms with E-state index >= 15 is 0 Å². The summed E-state index contributed by atoms with van der Waals surface area (Å²) in [6, 6.07) is 2.78. The van der Waals surface area contributed by atoms with Crippen LogP contribution in [0.1, 0.15) is 50.8 Å². The number of hydrogen-bond acceptors (Lipinski definition) is 4. The Hall–Kier alpha value is -1.26. The van der Waals surface area contributed by atoms with E-state index in [9.17, 15) is 0 Å². The van der Waals surface area contributed by atoms with Gasteiger partial charge in [0.1, 0.15) is 11.5 Å². The zero-order chi connectivity index (χ0) is 17.7. The van der Waals surface area contributed by atoms with Crippen LogP contribution in [0.3, 0.4) is 0 Å². The lowest BCUT2D eigenvalue weighted by Crippen LogP contribution is -2.40. The molecule has 1 unspecified atom stereocenters. The van der Waals surface area contributed by atoms with Crippen LogP contribution < -0.4 is 9.47 Å². The fourth-order valence-corrected chi connectivity index (χ4v) is 3.89. The van der Waals surface area contributed by atoms with Gasteiger partial charge in [0.2, 0.25) is 0 Å². The van der Waals surface area contributed by atoms with Crippen LogP contribution in [0.25, 0.3) is 0 Å². The highest BCUT2D eigenvalue weighted by atomic mass is 16.5. The third-order valence-corrected chi connectivity index (χ3v) is 5.44. The molecule has 1 aromatic carbocycles. The molecule has 0 aliphatic carbocycles. The first-order valence-electron chi connectivity index (χ1n) is 9.35. The number of benzene rings is 1. The Bertz CT molecular complexity index is 541. The van der Waals surface area contributed by atoms with E-state index in [1.165, 1.54) is 23.1 Å². The molecule has 0 N–H and O–H groups in total. The van der Waals surface area contributed by atoms with Crippen LogP contribution in [-0.4, -0.2) is 49.7 Å². The molecule has 1 aliphatic rings. The summed E-state index contributed by atoms with van der Waals surface area (Å²) in [6.07, 6.45) is 2.21. The van der Waals surface area contributed by atoms with E-state index in [0.29, 0.717) is 6.04 Å². The highest BCUT2D eigenvalue weighted by molar-refractivity contribution is 5.55. The average Bonchev–Trinajstić information content (AvgIpc) is 2.63. The summed E-state index contributed by atoms with van der Waals surface area (Å²) >= 11 is 0. The van der Waals surface area contributed by atoms with Crippen LogP contribution in [0.4, 0.5) is 0 Å². The van der Waals surface area contributed by atoms with Gasteiger partial charge in [0, 0.05) is 35.8 Å². The van der Waals surface area contributed by atoms with Crippen molar-refractivity contribution in [2.75, 3.05) is 33.9 Å². The molecule has 4 nitrogen and oxygen atoms in total. The van der Waals surface area contributed by atoms with E-state index in [2.05, 4.69) is 43.6 Å². The van der Waals surface area contributed by atoms with E-state index in [0.717, 1.165) is 50.6 Å².